The van der Waals surface area contributed by atoms with Crippen LogP contribution in [-0.4, -0.2) is 11.0 Å². The van der Waals surface area contributed by atoms with E-state index in [0.29, 0.717) is 11.5 Å². The third kappa shape index (κ3) is 2.76. The lowest BCUT2D eigenvalue weighted by Crippen LogP contribution is -2.18. The van der Waals surface area contributed by atoms with Crippen molar-refractivity contribution in [1.82, 2.24) is 4.98 Å². The van der Waals surface area contributed by atoms with E-state index in [1.54, 1.807) is 0 Å². The standard InChI is InChI=1S/C13H19BrN2/c1-9-11(14)4-5-12(15-9)16-10-6-7-13(2,3)8-10/h4-5,10H,6-8H2,1-3H3,(H,15,16). The minimum atomic E-state index is 0.488. The molecular formula is C13H19BrN2. The van der Waals surface area contributed by atoms with E-state index >= 15 is 0 Å². The van der Waals surface area contributed by atoms with E-state index in [0.717, 1.165) is 16.0 Å². The van der Waals surface area contributed by atoms with E-state index in [1.165, 1.54) is 19.3 Å². The normalized spacial score (nSPS) is 23.4. The first-order valence-corrected chi connectivity index (χ1v) is 6.65. The number of nitrogens with zero attached hydrogens (tertiary/aromatic N) is 1. The first-order valence-electron chi connectivity index (χ1n) is 5.86. The summed E-state index contributed by atoms with van der Waals surface area (Å²) in [5.41, 5.74) is 1.53. The Labute approximate surface area is 106 Å². The summed E-state index contributed by atoms with van der Waals surface area (Å²) >= 11 is 3.47. The fourth-order valence-corrected chi connectivity index (χ4v) is 2.61. The van der Waals surface area contributed by atoms with Gasteiger partial charge in [-0.05, 0) is 59.7 Å². The van der Waals surface area contributed by atoms with Crippen LogP contribution in [0, 0.1) is 12.3 Å². The van der Waals surface area contributed by atoms with E-state index < -0.39 is 0 Å². The van der Waals surface area contributed by atoms with Gasteiger partial charge in [-0.1, -0.05) is 13.8 Å². The first-order chi connectivity index (χ1) is 7.46. The summed E-state index contributed by atoms with van der Waals surface area (Å²) in [6.45, 7) is 6.71. The summed E-state index contributed by atoms with van der Waals surface area (Å²) in [6, 6.07) is 4.69. The number of rotatable bonds is 2. The highest BCUT2D eigenvalue weighted by molar-refractivity contribution is 9.10. The molecule has 1 fully saturated rings. The smallest absolute Gasteiger partial charge is 0.126 e. The number of nitrogens with one attached hydrogen (secondary N) is 1. The molecule has 1 aliphatic rings. The van der Waals surface area contributed by atoms with E-state index in [9.17, 15) is 0 Å². The van der Waals surface area contributed by atoms with Crippen molar-refractivity contribution < 1.29 is 0 Å². The van der Waals surface area contributed by atoms with Crippen molar-refractivity contribution in [3.05, 3.63) is 22.3 Å². The zero-order valence-electron chi connectivity index (χ0n) is 10.2. The predicted octanol–water partition coefficient (Wildman–Crippen LogP) is 4.14. The summed E-state index contributed by atoms with van der Waals surface area (Å²) in [7, 11) is 0. The Hall–Kier alpha value is -0.570. The lowest BCUT2D eigenvalue weighted by atomic mass is 9.92. The van der Waals surface area contributed by atoms with Gasteiger partial charge in [0.1, 0.15) is 5.82 Å². The number of halogens is 1. The van der Waals surface area contributed by atoms with E-state index in [1.807, 2.05) is 13.0 Å². The van der Waals surface area contributed by atoms with Gasteiger partial charge in [-0.2, -0.15) is 0 Å². The third-order valence-electron chi connectivity index (χ3n) is 3.34. The molecule has 1 aromatic rings. The van der Waals surface area contributed by atoms with Crippen molar-refractivity contribution in [2.45, 2.75) is 46.1 Å². The van der Waals surface area contributed by atoms with Crippen LogP contribution in [0.25, 0.3) is 0 Å². The van der Waals surface area contributed by atoms with Crippen molar-refractivity contribution >= 4 is 21.7 Å². The largest absolute Gasteiger partial charge is 0.367 e. The quantitative estimate of drug-likeness (QED) is 0.882. The number of aromatic nitrogens is 1. The molecule has 0 saturated heterocycles. The molecular weight excluding hydrogens is 264 g/mol. The summed E-state index contributed by atoms with van der Waals surface area (Å²) in [4.78, 5) is 4.53. The minimum absolute atomic E-state index is 0.488. The number of hydrogen-bond acceptors (Lipinski definition) is 2. The molecule has 1 N–H and O–H groups in total. The Morgan fingerprint density at radius 2 is 2.19 bits per heavy atom. The SMILES string of the molecule is Cc1nc(NC2CCC(C)(C)C2)ccc1Br. The van der Waals surface area contributed by atoms with Gasteiger partial charge >= 0.3 is 0 Å². The van der Waals surface area contributed by atoms with Crippen LogP contribution in [0.2, 0.25) is 0 Å². The van der Waals surface area contributed by atoms with Crippen LogP contribution in [-0.2, 0) is 0 Å². The van der Waals surface area contributed by atoms with Crippen LogP contribution in [0.1, 0.15) is 38.8 Å². The molecule has 3 heteroatoms. The van der Waals surface area contributed by atoms with Gasteiger partial charge in [0.25, 0.3) is 0 Å². The molecule has 16 heavy (non-hydrogen) atoms. The fourth-order valence-electron chi connectivity index (χ4n) is 2.39. The third-order valence-corrected chi connectivity index (χ3v) is 4.18. The van der Waals surface area contributed by atoms with Gasteiger partial charge in [0.2, 0.25) is 0 Å². The van der Waals surface area contributed by atoms with Gasteiger partial charge < -0.3 is 5.32 Å². The fraction of sp³-hybridized carbons (Fsp3) is 0.615. The van der Waals surface area contributed by atoms with Crippen molar-refractivity contribution in [3.8, 4) is 0 Å². The van der Waals surface area contributed by atoms with Crippen LogP contribution in [0.15, 0.2) is 16.6 Å². The van der Waals surface area contributed by atoms with E-state index in [2.05, 4.69) is 46.1 Å². The van der Waals surface area contributed by atoms with E-state index in [4.69, 9.17) is 0 Å². The number of anilines is 1. The van der Waals surface area contributed by atoms with E-state index in [-0.39, 0.29) is 0 Å². The molecule has 2 rings (SSSR count). The summed E-state index contributed by atoms with van der Waals surface area (Å²) in [5.74, 6) is 1.00. The van der Waals surface area contributed by atoms with Crippen molar-refractivity contribution in [1.29, 1.82) is 0 Å². The molecule has 0 spiro atoms. The molecule has 1 unspecified atom stereocenters. The van der Waals surface area contributed by atoms with Crippen molar-refractivity contribution in [2.75, 3.05) is 5.32 Å². The lowest BCUT2D eigenvalue weighted by Gasteiger charge is -2.18. The first kappa shape index (κ1) is 11.9. The van der Waals surface area contributed by atoms with Gasteiger partial charge in [-0.3, -0.25) is 0 Å². The molecule has 0 bridgehead atoms. The monoisotopic (exact) mass is 282 g/mol. The van der Waals surface area contributed by atoms with Crippen molar-refractivity contribution in [2.24, 2.45) is 5.41 Å². The second-order valence-corrected chi connectivity index (χ2v) is 6.37. The predicted molar refractivity (Wildman–Crippen MR) is 71.7 cm³/mol. The van der Waals surface area contributed by atoms with Gasteiger partial charge in [0.05, 0.1) is 5.69 Å². The topological polar surface area (TPSA) is 24.9 Å². The molecule has 1 atom stereocenters. The summed E-state index contributed by atoms with van der Waals surface area (Å²) in [5, 5.41) is 3.53. The molecule has 0 aromatic carbocycles. The summed E-state index contributed by atoms with van der Waals surface area (Å²) < 4.78 is 1.07. The van der Waals surface area contributed by atoms with Gasteiger partial charge in [0, 0.05) is 10.5 Å². The summed E-state index contributed by atoms with van der Waals surface area (Å²) in [6.07, 6.45) is 3.80. The van der Waals surface area contributed by atoms with Crippen LogP contribution >= 0.6 is 15.9 Å². The molecule has 1 heterocycles. The van der Waals surface area contributed by atoms with Gasteiger partial charge in [0.15, 0.2) is 0 Å². The average molecular weight is 283 g/mol. The minimum Gasteiger partial charge on any atom is -0.367 e. The molecule has 1 aliphatic carbocycles. The second kappa shape index (κ2) is 4.36. The molecule has 2 nitrogen and oxygen atoms in total. The number of hydrogen-bond donors (Lipinski definition) is 1. The second-order valence-electron chi connectivity index (χ2n) is 5.51. The Balaban J connectivity index is 2.02. The molecule has 1 aromatic heterocycles. The van der Waals surface area contributed by atoms with Crippen LogP contribution < -0.4 is 5.32 Å². The number of pyridine rings is 1. The van der Waals surface area contributed by atoms with Crippen molar-refractivity contribution in [3.63, 3.8) is 0 Å². The maximum absolute atomic E-state index is 4.53. The zero-order valence-corrected chi connectivity index (χ0v) is 11.8. The molecule has 88 valence electrons. The highest BCUT2D eigenvalue weighted by Gasteiger charge is 2.30. The lowest BCUT2D eigenvalue weighted by molar-refractivity contribution is 0.378. The van der Waals surface area contributed by atoms with Crippen LogP contribution in [0.3, 0.4) is 0 Å². The highest BCUT2D eigenvalue weighted by atomic mass is 79.9. The Morgan fingerprint density at radius 1 is 1.44 bits per heavy atom. The molecule has 0 radical (unpaired) electrons. The van der Waals surface area contributed by atoms with Crippen LogP contribution in [0.5, 0.6) is 0 Å². The molecule has 0 amide bonds. The Morgan fingerprint density at radius 3 is 2.75 bits per heavy atom. The van der Waals surface area contributed by atoms with Gasteiger partial charge in [-0.15, -0.1) is 0 Å². The maximum Gasteiger partial charge on any atom is 0.126 e. The maximum atomic E-state index is 4.53. The molecule has 1 saturated carbocycles. The number of aryl methyl sites for hydroxylation is 1. The average Bonchev–Trinajstić information content (AvgIpc) is 2.52. The zero-order chi connectivity index (χ0) is 11.8. The molecule has 0 aliphatic heterocycles. The Kier molecular flexibility index (Phi) is 3.24. The Bertz CT molecular complexity index is 388. The van der Waals surface area contributed by atoms with Crippen LogP contribution in [0.4, 0.5) is 5.82 Å². The highest BCUT2D eigenvalue weighted by Crippen LogP contribution is 2.38. The van der Waals surface area contributed by atoms with Gasteiger partial charge in [-0.25, -0.2) is 4.98 Å².